The van der Waals surface area contributed by atoms with Gasteiger partial charge in [-0.3, -0.25) is 4.79 Å². The number of ether oxygens (including phenoxy) is 1. The van der Waals surface area contributed by atoms with E-state index in [0.717, 1.165) is 11.9 Å². The molecule has 5 nitrogen and oxygen atoms in total. The van der Waals surface area contributed by atoms with E-state index in [0.29, 0.717) is 29.9 Å². The predicted molar refractivity (Wildman–Crippen MR) is 82.2 cm³/mol. The van der Waals surface area contributed by atoms with Crippen LogP contribution in [0.2, 0.25) is 0 Å². The molecule has 3 rings (SSSR count). The summed E-state index contributed by atoms with van der Waals surface area (Å²) >= 11 is 0. The average molecular weight is 287 g/mol. The summed E-state index contributed by atoms with van der Waals surface area (Å²) in [7, 11) is 1.75. The molecule has 1 aromatic carbocycles. The molecule has 0 saturated heterocycles. The molecule has 1 heterocycles. The molecule has 2 atom stereocenters. The van der Waals surface area contributed by atoms with Crippen molar-refractivity contribution < 1.29 is 4.74 Å². The van der Waals surface area contributed by atoms with Crippen LogP contribution in [-0.4, -0.2) is 29.2 Å². The monoisotopic (exact) mass is 287 g/mol. The molecule has 2 N–H and O–H groups in total. The number of aromatic amines is 1. The SMILES string of the molecule is COC1CC(NCc2nc3ccccc3c(=O)[nH]2)C1(C)C. The zero-order valence-electron chi connectivity index (χ0n) is 12.6. The van der Waals surface area contributed by atoms with E-state index >= 15 is 0 Å². The van der Waals surface area contributed by atoms with Crippen LogP contribution in [0.15, 0.2) is 29.1 Å². The highest BCUT2D eigenvalue weighted by Gasteiger charge is 2.48. The highest BCUT2D eigenvalue weighted by atomic mass is 16.5. The minimum Gasteiger partial charge on any atom is -0.381 e. The molecular formula is C16H21N3O2. The molecule has 0 radical (unpaired) electrons. The Balaban J connectivity index is 1.73. The van der Waals surface area contributed by atoms with Crippen molar-refractivity contribution >= 4 is 10.9 Å². The Kier molecular flexibility index (Phi) is 3.55. The van der Waals surface area contributed by atoms with Crippen molar-refractivity contribution in [1.82, 2.24) is 15.3 Å². The van der Waals surface area contributed by atoms with Crippen molar-refractivity contribution in [3.63, 3.8) is 0 Å². The smallest absolute Gasteiger partial charge is 0.258 e. The quantitative estimate of drug-likeness (QED) is 0.900. The molecule has 2 unspecified atom stereocenters. The predicted octanol–water partition coefficient (Wildman–Crippen LogP) is 1.83. The second kappa shape index (κ2) is 5.24. The Hall–Kier alpha value is -1.72. The number of hydrogen-bond acceptors (Lipinski definition) is 4. The number of rotatable bonds is 4. The molecule has 1 fully saturated rings. The van der Waals surface area contributed by atoms with Crippen LogP contribution in [0.5, 0.6) is 0 Å². The number of nitrogens with zero attached hydrogens (tertiary/aromatic N) is 1. The van der Waals surface area contributed by atoms with Crippen molar-refractivity contribution in [2.45, 2.75) is 39.0 Å². The molecule has 2 aromatic rings. The van der Waals surface area contributed by atoms with Gasteiger partial charge in [-0.1, -0.05) is 26.0 Å². The van der Waals surface area contributed by atoms with Gasteiger partial charge in [-0.15, -0.1) is 0 Å². The molecule has 0 amide bonds. The van der Waals surface area contributed by atoms with Crippen LogP contribution in [0.1, 0.15) is 26.1 Å². The number of H-pyrrole nitrogens is 1. The molecule has 1 aliphatic carbocycles. The minimum atomic E-state index is -0.0833. The van der Waals surface area contributed by atoms with Gasteiger partial charge in [0.05, 0.1) is 23.6 Å². The second-order valence-electron chi connectivity index (χ2n) is 6.24. The third-order valence-electron chi connectivity index (χ3n) is 4.64. The van der Waals surface area contributed by atoms with Crippen molar-refractivity contribution in [3.05, 3.63) is 40.4 Å². The van der Waals surface area contributed by atoms with Crippen LogP contribution in [0.25, 0.3) is 10.9 Å². The maximum absolute atomic E-state index is 12.0. The topological polar surface area (TPSA) is 67.0 Å². The van der Waals surface area contributed by atoms with E-state index in [1.807, 2.05) is 18.2 Å². The summed E-state index contributed by atoms with van der Waals surface area (Å²) in [6, 6.07) is 7.77. The van der Waals surface area contributed by atoms with E-state index in [4.69, 9.17) is 4.74 Å². The van der Waals surface area contributed by atoms with Gasteiger partial charge in [-0.05, 0) is 18.6 Å². The Labute approximate surface area is 123 Å². The van der Waals surface area contributed by atoms with E-state index in [1.165, 1.54) is 0 Å². The Bertz CT molecular complexity index is 708. The number of nitrogens with one attached hydrogen (secondary N) is 2. The summed E-state index contributed by atoms with van der Waals surface area (Å²) in [6.07, 6.45) is 1.28. The zero-order valence-corrected chi connectivity index (χ0v) is 12.6. The third-order valence-corrected chi connectivity index (χ3v) is 4.64. The highest BCUT2D eigenvalue weighted by molar-refractivity contribution is 5.77. The maximum Gasteiger partial charge on any atom is 0.258 e. The van der Waals surface area contributed by atoms with E-state index in [-0.39, 0.29) is 11.0 Å². The maximum atomic E-state index is 12.0. The van der Waals surface area contributed by atoms with Crippen molar-refractivity contribution in [1.29, 1.82) is 0 Å². The first-order valence-corrected chi connectivity index (χ1v) is 7.26. The minimum absolute atomic E-state index is 0.0833. The van der Waals surface area contributed by atoms with Crippen LogP contribution in [0, 0.1) is 5.41 Å². The lowest BCUT2D eigenvalue weighted by Crippen LogP contribution is -2.60. The summed E-state index contributed by atoms with van der Waals surface area (Å²) in [5.74, 6) is 0.676. The van der Waals surface area contributed by atoms with Gasteiger partial charge in [-0.25, -0.2) is 4.98 Å². The summed E-state index contributed by atoms with van der Waals surface area (Å²) in [6.45, 7) is 4.95. The van der Waals surface area contributed by atoms with Gasteiger partial charge in [0, 0.05) is 18.6 Å². The van der Waals surface area contributed by atoms with Crippen LogP contribution in [0.4, 0.5) is 0 Å². The molecule has 0 bridgehead atoms. The van der Waals surface area contributed by atoms with Gasteiger partial charge in [0.1, 0.15) is 5.82 Å². The van der Waals surface area contributed by atoms with E-state index < -0.39 is 0 Å². The zero-order chi connectivity index (χ0) is 15.0. The van der Waals surface area contributed by atoms with Gasteiger partial charge in [0.2, 0.25) is 0 Å². The molecule has 0 aliphatic heterocycles. The number of aromatic nitrogens is 2. The second-order valence-corrected chi connectivity index (χ2v) is 6.24. The lowest BCUT2D eigenvalue weighted by atomic mass is 9.64. The van der Waals surface area contributed by atoms with Gasteiger partial charge in [-0.2, -0.15) is 0 Å². The number of benzene rings is 1. The fraction of sp³-hybridized carbons (Fsp3) is 0.500. The van der Waals surface area contributed by atoms with Crippen molar-refractivity contribution in [2.75, 3.05) is 7.11 Å². The molecule has 1 aromatic heterocycles. The fourth-order valence-electron chi connectivity index (χ4n) is 3.07. The van der Waals surface area contributed by atoms with Gasteiger partial charge >= 0.3 is 0 Å². The van der Waals surface area contributed by atoms with Crippen LogP contribution < -0.4 is 10.9 Å². The Morgan fingerprint density at radius 3 is 2.90 bits per heavy atom. The molecule has 5 heteroatoms. The Morgan fingerprint density at radius 2 is 2.19 bits per heavy atom. The van der Waals surface area contributed by atoms with Crippen LogP contribution >= 0.6 is 0 Å². The number of methoxy groups -OCH3 is 1. The molecule has 0 spiro atoms. The van der Waals surface area contributed by atoms with Crippen molar-refractivity contribution in [3.8, 4) is 0 Å². The Morgan fingerprint density at radius 1 is 1.43 bits per heavy atom. The third kappa shape index (κ3) is 2.47. The van der Waals surface area contributed by atoms with E-state index in [9.17, 15) is 4.79 Å². The lowest BCUT2D eigenvalue weighted by molar-refractivity contribution is -0.0980. The fourth-order valence-corrected chi connectivity index (χ4v) is 3.07. The van der Waals surface area contributed by atoms with Gasteiger partial charge < -0.3 is 15.0 Å². The van der Waals surface area contributed by atoms with Crippen LogP contribution in [0.3, 0.4) is 0 Å². The first-order chi connectivity index (χ1) is 10.0. The first kappa shape index (κ1) is 14.2. The normalized spacial score (nSPS) is 24.0. The molecule has 1 saturated carbocycles. The van der Waals surface area contributed by atoms with Gasteiger partial charge in [0.25, 0.3) is 5.56 Å². The number of hydrogen-bond donors (Lipinski definition) is 2. The summed E-state index contributed by atoms with van der Waals surface area (Å²) in [4.78, 5) is 19.4. The number of fused-ring (bicyclic) bond motifs is 1. The van der Waals surface area contributed by atoms with Crippen LogP contribution in [-0.2, 0) is 11.3 Å². The summed E-state index contributed by atoms with van der Waals surface area (Å²) < 4.78 is 5.45. The number of para-hydroxylation sites is 1. The van der Waals surface area contributed by atoms with E-state index in [1.54, 1.807) is 13.2 Å². The molecular weight excluding hydrogens is 266 g/mol. The average Bonchev–Trinajstić information content (AvgIpc) is 2.46. The summed E-state index contributed by atoms with van der Waals surface area (Å²) in [5.41, 5.74) is 0.757. The lowest BCUT2D eigenvalue weighted by Gasteiger charge is -2.51. The van der Waals surface area contributed by atoms with Crippen molar-refractivity contribution in [2.24, 2.45) is 5.41 Å². The van der Waals surface area contributed by atoms with E-state index in [2.05, 4.69) is 29.1 Å². The van der Waals surface area contributed by atoms with Gasteiger partial charge in [0.15, 0.2) is 0 Å². The largest absolute Gasteiger partial charge is 0.381 e. The highest BCUT2D eigenvalue weighted by Crippen LogP contribution is 2.42. The molecule has 21 heavy (non-hydrogen) atoms. The molecule has 1 aliphatic rings. The first-order valence-electron chi connectivity index (χ1n) is 7.26. The standard InChI is InChI=1S/C16H21N3O2/c1-16(2)12(8-13(16)21-3)17-9-14-18-11-7-5-4-6-10(11)15(20)19-14/h4-7,12-13,17H,8-9H2,1-3H3,(H,18,19,20). The molecule has 112 valence electrons. The summed E-state index contributed by atoms with van der Waals surface area (Å²) in [5, 5.41) is 4.10.